The minimum atomic E-state index is -1.22. The third-order valence-electron chi connectivity index (χ3n) is 2.03. The van der Waals surface area contributed by atoms with Crippen LogP contribution in [0, 0.1) is 0 Å². The first-order valence-corrected chi connectivity index (χ1v) is 4.43. The molecular formula is C9H6N4O4. The predicted molar refractivity (Wildman–Crippen MR) is 53.1 cm³/mol. The molecule has 17 heavy (non-hydrogen) atoms. The first-order valence-electron chi connectivity index (χ1n) is 4.43. The third kappa shape index (κ3) is 2.09. The van der Waals surface area contributed by atoms with Crippen molar-refractivity contribution in [2.75, 3.05) is 0 Å². The second kappa shape index (κ2) is 4.00. The molecule has 0 fully saturated rings. The Morgan fingerprint density at radius 3 is 2.06 bits per heavy atom. The monoisotopic (exact) mass is 234 g/mol. The molecule has 1 aromatic heterocycles. The Hall–Kier alpha value is -2.77. The molecule has 0 aliphatic heterocycles. The molecule has 8 nitrogen and oxygen atoms in total. The Kier molecular flexibility index (Phi) is 2.53. The van der Waals surface area contributed by atoms with Crippen molar-refractivity contribution in [1.29, 1.82) is 0 Å². The van der Waals surface area contributed by atoms with Gasteiger partial charge >= 0.3 is 11.9 Å². The molecule has 0 saturated heterocycles. The molecule has 8 heteroatoms. The van der Waals surface area contributed by atoms with E-state index in [1.807, 2.05) is 0 Å². The number of tetrazole rings is 1. The van der Waals surface area contributed by atoms with E-state index in [0.717, 1.165) is 6.07 Å². The lowest BCUT2D eigenvalue weighted by Gasteiger charge is -2.03. The van der Waals surface area contributed by atoms with Crippen LogP contribution in [0.15, 0.2) is 24.5 Å². The fourth-order valence-electron chi connectivity index (χ4n) is 1.27. The number of nitrogens with zero attached hydrogens (tertiary/aromatic N) is 4. The van der Waals surface area contributed by atoms with E-state index in [9.17, 15) is 9.59 Å². The summed E-state index contributed by atoms with van der Waals surface area (Å²) in [6, 6.07) is 3.63. The standard InChI is InChI=1S/C9H6N4O4/c14-8(15)5-1-6(9(16)17)3-7(2-5)13-4-10-11-12-13/h1-4H,(H,14,15)(H,16,17). The van der Waals surface area contributed by atoms with Crippen molar-refractivity contribution in [1.82, 2.24) is 20.2 Å². The van der Waals surface area contributed by atoms with Crippen molar-refractivity contribution >= 4 is 11.9 Å². The van der Waals surface area contributed by atoms with E-state index < -0.39 is 11.9 Å². The van der Waals surface area contributed by atoms with Crippen molar-refractivity contribution < 1.29 is 19.8 Å². The highest BCUT2D eigenvalue weighted by Crippen LogP contribution is 2.13. The van der Waals surface area contributed by atoms with Crippen LogP contribution in [0.2, 0.25) is 0 Å². The van der Waals surface area contributed by atoms with Gasteiger partial charge in [0.05, 0.1) is 16.8 Å². The number of carboxylic acid groups (broad SMARTS) is 2. The smallest absolute Gasteiger partial charge is 0.335 e. The molecule has 1 aromatic carbocycles. The van der Waals surface area contributed by atoms with E-state index in [4.69, 9.17) is 10.2 Å². The fourth-order valence-corrected chi connectivity index (χ4v) is 1.27. The van der Waals surface area contributed by atoms with Crippen LogP contribution in [-0.4, -0.2) is 42.4 Å². The number of benzene rings is 1. The van der Waals surface area contributed by atoms with Crippen LogP contribution in [0.4, 0.5) is 0 Å². The van der Waals surface area contributed by atoms with Crippen LogP contribution in [-0.2, 0) is 0 Å². The summed E-state index contributed by atoms with van der Waals surface area (Å²) in [6.45, 7) is 0. The topological polar surface area (TPSA) is 118 Å². The van der Waals surface area contributed by atoms with Gasteiger partial charge in [-0.25, -0.2) is 14.3 Å². The van der Waals surface area contributed by atoms with Gasteiger partial charge in [0.15, 0.2) is 0 Å². The Morgan fingerprint density at radius 1 is 1.06 bits per heavy atom. The molecule has 2 N–H and O–H groups in total. The summed E-state index contributed by atoms with van der Waals surface area (Å²) in [6.07, 6.45) is 1.24. The van der Waals surface area contributed by atoms with Gasteiger partial charge in [0.1, 0.15) is 6.33 Å². The lowest BCUT2D eigenvalue weighted by atomic mass is 10.1. The number of aromatic nitrogens is 4. The normalized spacial score (nSPS) is 10.1. The van der Waals surface area contributed by atoms with Crippen molar-refractivity contribution in [3.05, 3.63) is 35.7 Å². The summed E-state index contributed by atoms with van der Waals surface area (Å²) in [5, 5.41) is 28.0. The summed E-state index contributed by atoms with van der Waals surface area (Å²) < 4.78 is 1.18. The summed E-state index contributed by atoms with van der Waals surface area (Å²) in [5.41, 5.74) is -0.0156. The Morgan fingerprint density at radius 2 is 1.65 bits per heavy atom. The average molecular weight is 234 g/mol. The minimum absolute atomic E-state index is 0.143. The quantitative estimate of drug-likeness (QED) is 0.770. The lowest BCUT2D eigenvalue weighted by Crippen LogP contribution is -2.06. The minimum Gasteiger partial charge on any atom is -0.478 e. The molecule has 0 bridgehead atoms. The zero-order chi connectivity index (χ0) is 12.4. The van der Waals surface area contributed by atoms with E-state index in [-0.39, 0.29) is 16.8 Å². The van der Waals surface area contributed by atoms with Crippen molar-refractivity contribution in [3.63, 3.8) is 0 Å². The van der Waals surface area contributed by atoms with Crippen LogP contribution in [0.1, 0.15) is 20.7 Å². The van der Waals surface area contributed by atoms with Gasteiger partial charge in [-0.3, -0.25) is 0 Å². The summed E-state index contributed by atoms with van der Waals surface area (Å²) in [5.74, 6) is -2.44. The molecule has 0 amide bonds. The maximum Gasteiger partial charge on any atom is 0.335 e. The summed E-state index contributed by atoms with van der Waals surface area (Å²) >= 11 is 0. The van der Waals surface area contributed by atoms with Gasteiger partial charge in [0.2, 0.25) is 0 Å². The molecule has 0 saturated carbocycles. The zero-order valence-corrected chi connectivity index (χ0v) is 8.31. The fraction of sp³-hybridized carbons (Fsp3) is 0. The molecule has 1 heterocycles. The molecule has 2 rings (SSSR count). The van der Waals surface area contributed by atoms with E-state index in [2.05, 4.69) is 15.5 Å². The largest absolute Gasteiger partial charge is 0.478 e. The number of aromatic carboxylic acids is 2. The van der Waals surface area contributed by atoms with Crippen LogP contribution in [0.25, 0.3) is 5.69 Å². The van der Waals surface area contributed by atoms with E-state index in [1.54, 1.807) is 0 Å². The number of hydrogen-bond acceptors (Lipinski definition) is 5. The second-order valence-electron chi connectivity index (χ2n) is 3.13. The van der Waals surface area contributed by atoms with Crippen LogP contribution >= 0.6 is 0 Å². The zero-order valence-electron chi connectivity index (χ0n) is 8.31. The van der Waals surface area contributed by atoms with E-state index in [1.165, 1.54) is 23.1 Å². The summed E-state index contributed by atoms with van der Waals surface area (Å²) in [4.78, 5) is 21.7. The highest BCUT2D eigenvalue weighted by Gasteiger charge is 2.12. The van der Waals surface area contributed by atoms with E-state index >= 15 is 0 Å². The molecule has 0 atom stereocenters. The molecule has 0 radical (unpaired) electrons. The first-order chi connectivity index (χ1) is 8.08. The number of carbonyl (C=O) groups is 2. The van der Waals surface area contributed by atoms with Gasteiger partial charge in [-0.1, -0.05) is 0 Å². The molecule has 0 spiro atoms. The molecule has 0 aliphatic rings. The maximum atomic E-state index is 10.8. The van der Waals surface area contributed by atoms with Gasteiger partial charge in [-0.2, -0.15) is 0 Å². The highest BCUT2D eigenvalue weighted by molar-refractivity contribution is 5.94. The molecule has 2 aromatic rings. The Labute approximate surface area is 94.1 Å². The van der Waals surface area contributed by atoms with Crippen molar-refractivity contribution in [3.8, 4) is 5.69 Å². The highest BCUT2D eigenvalue weighted by atomic mass is 16.4. The average Bonchev–Trinajstić information content (AvgIpc) is 2.81. The van der Waals surface area contributed by atoms with Gasteiger partial charge in [-0.15, -0.1) is 5.10 Å². The Bertz CT molecular complexity index is 546. The Balaban J connectivity index is 2.60. The third-order valence-corrected chi connectivity index (χ3v) is 2.03. The van der Waals surface area contributed by atoms with E-state index in [0.29, 0.717) is 0 Å². The molecule has 0 unspecified atom stereocenters. The van der Waals surface area contributed by atoms with Crippen LogP contribution < -0.4 is 0 Å². The SMILES string of the molecule is O=C(O)c1cc(C(=O)O)cc(-n2cnnn2)c1. The molecule has 86 valence electrons. The maximum absolute atomic E-state index is 10.8. The van der Waals surface area contributed by atoms with Crippen molar-refractivity contribution in [2.24, 2.45) is 0 Å². The van der Waals surface area contributed by atoms with Gasteiger partial charge in [0, 0.05) is 0 Å². The predicted octanol–water partition coefficient (Wildman–Crippen LogP) is 0.0587. The van der Waals surface area contributed by atoms with Crippen LogP contribution in [0.3, 0.4) is 0 Å². The van der Waals surface area contributed by atoms with Crippen molar-refractivity contribution in [2.45, 2.75) is 0 Å². The first kappa shape index (κ1) is 10.7. The van der Waals surface area contributed by atoms with Gasteiger partial charge in [0.25, 0.3) is 0 Å². The molecular weight excluding hydrogens is 228 g/mol. The number of hydrogen-bond donors (Lipinski definition) is 2. The van der Waals surface area contributed by atoms with Crippen LogP contribution in [0.5, 0.6) is 0 Å². The van der Waals surface area contributed by atoms with Gasteiger partial charge < -0.3 is 10.2 Å². The number of rotatable bonds is 3. The second-order valence-corrected chi connectivity index (χ2v) is 3.13. The molecule has 0 aliphatic carbocycles. The van der Waals surface area contributed by atoms with Gasteiger partial charge in [-0.05, 0) is 28.6 Å². The number of carboxylic acids is 2. The summed E-state index contributed by atoms with van der Waals surface area (Å²) in [7, 11) is 0. The lowest BCUT2D eigenvalue weighted by molar-refractivity contribution is 0.0696.